The molecule has 2 aromatic carbocycles. The third kappa shape index (κ3) is 3.93. The van der Waals surface area contributed by atoms with Crippen molar-refractivity contribution < 1.29 is 9.53 Å². The van der Waals surface area contributed by atoms with Crippen LogP contribution in [0.15, 0.2) is 36.4 Å². The predicted octanol–water partition coefficient (Wildman–Crippen LogP) is 4.66. The van der Waals surface area contributed by atoms with Gasteiger partial charge in [0.05, 0.1) is 6.61 Å². The van der Waals surface area contributed by atoms with Crippen LogP contribution in [0.5, 0.6) is 0 Å². The molecule has 0 saturated heterocycles. The Morgan fingerprint density at radius 2 is 1.71 bits per heavy atom. The maximum Gasteiger partial charge on any atom is 0.188 e. The van der Waals surface area contributed by atoms with Crippen LogP contribution in [-0.4, -0.2) is 12.4 Å². The number of ether oxygens (including phenoxy) is 1. The summed E-state index contributed by atoms with van der Waals surface area (Å²) in [6.45, 7) is 6.41. The van der Waals surface area contributed by atoms with Crippen LogP contribution < -0.4 is 0 Å². The Morgan fingerprint density at radius 1 is 1.05 bits per heavy atom. The second kappa shape index (κ2) is 6.88. The van der Waals surface area contributed by atoms with Gasteiger partial charge in [-0.2, -0.15) is 0 Å². The highest BCUT2D eigenvalue weighted by atomic mass is 35.5. The van der Waals surface area contributed by atoms with Gasteiger partial charge in [-0.1, -0.05) is 35.9 Å². The number of hydrogen-bond acceptors (Lipinski definition) is 2. The van der Waals surface area contributed by atoms with Crippen LogP contribution in [0, 0.1) is 20.8 Å². The second-order valence-corrected chi connectivity index (χ2v) is 5.67. The van der Waals surface area contributed by atoms with Crippen molar-refractivity contribution >= 4 is 17.4 Å². The van der Waals surface area contributed by atoms with E-state index in [2.05, 4.69) is 0 Å². The van der Waals surface area contributed by atoms with Crippen molar-refractivity contribution in [3.63, 3.8) is 0 Å². The van der Waals surface area contributed by atoms with Crippen molar-refractivity contribution in [2.45, 2.75) is 27.4 Å². The van der Waals surface area contributed by atoms with E-state index in [1.54, 1.807) is 0 Å². The number of aryl methyl sites for hydroxylation is 3. The first-order chi connectivity index (χ1) is 9.99. The van der Waals surface area contributed by atoms with Crippen molar-refractivity contribution in [3.8, 4) is 0 Å². The Labute approximate surface area is 130 Å². The molecule has 0 unspecified atom stereocenters. The molecule has 0 bridgehead atoms. The van der Waals surface area contributed by atoms with Gasteiger partial charge in [0.25, 0.3) is 0 Å². The quantitative estimate of drug-likeness (QED) is 0.751. The molecule has 2 rings (SSSR count). The molecule has 0 aliphatic heterocycles. The molecule has 2 aromatic rings. The molecule has 2 nitrogen and oxygen atoms in total. The summed E-state index contributed by atoms with van der Waals surface area (Å²) in [5.41, 5.74) is 4.93. The van der Waals surface area contributed by atoms with Gasteiger partial charge in [-0.15, -0.1) is 0 Å². The Kier molecular flexibility index (Phi) is 5.16. The zero-order valence-electron chi connectivity index (χ0n) is 12.6. The Hall–Kier alpha value is -1.64. The molecule has 21 heavy (non-hydrogen) atoms. The number of rotatable bonds is 5. The molecule has 0 aromatic heterocycles. The molecule has 0 fully saturated rings. The maximum atomic E-state index is 12.2. The third-order valence-corrected chi connectivity index (χ3v) is 3.96. The summed E-state index contributed by atoms with van der Waals surface area (Å²) in [7, 11) is 0. The molecular weight excluding hydrogens is 284 g/mol. The van der Waals surface area contributed by atoms with E-state index in [-0.39, 0.29) is 12.4 Å². The lowest BCUT2D eigenvalue weighted by atomic mass is 9.98. The van der Waals surface area contributed by atoms with Crippen LogP contribution in [0.4, 0.5) is 0 Å². The standard InChI is InChI=1S/C18H19ClO2/c1-12-8-14(3)16(9-13(12)2)18(20)11-21-10-15-6-4-5-7-17(15)19/h4-9H,10-11H2,1-3H3. The van der Waals surface area contributed by atoms with Gasteiger partial charge in [0.15, 0.2) is 5.78 Å². The first-order valence-electron chi connectivity index (χ1n) is 6.91. The minimum atomic E-state index is 0.00246. The van der Waals surface area contributed by atoms with Crippen LogP contribution in [0.2, 0.25) is 5.02 Å². The molecule has 0 N–H and O–H groups in total. The topological polar surface area (TPSA) is 26.3 Å². The van der Waals surface area contributed by atoms with E-state index in [9.17, 15) is 4.79 Å². The van der Waals surface area contributed by atoms with Gasteiger partial charge >= 0.3 is 0 Å². The summed E-state index contributed by atoms with van der Waals surface area (Å²) in [4.78, 5) is 12.2. The lowest BCUT2D eigenvalue weighted by molar-refractivity contribution is 0.0726. The molecule has 3 heteroatoms. The van der Waals surface area contributed by atoms with Crippen molar-refractivity contribution in [1.29, 1.82) is 0 Å². The Morgan fingerprint density at radius 3 is 2.43 bits per heavy atom. The highest BCUT2D eigenvalue weighted by Crippen LogP contribution is 2.18. The van der Waals surface area contributed by atoms with Crippen LogP contribution >= 0.6 is 11.6 Å². The summed E-state index contributed by atoms with van der Waals surface area (Å²) >= 11 is 6.06. The molecule has 0 aliphatic carbocycles. The van der Waals surface area contributed by atoms with Gasteiger partial charge in [-0.25, -0.2) is 0 Å². The predicted molar refractivity (Wildman–Crippen MR) is 86.1 cm³/mol. The highest BCUT2D eigenvalue weighted by molar-refractivity contribution is 6.31. The van der Waals surface area contributed by atoms with Crippen LogP contribution in [0.3, 0.4) is 0 Å². The smallest absolute Gasteiger partial charge is 0.188 e. The molecule has 0 heterocycles. The molecule has 0 spiro atoms. The number of carbonyl (C=O) groups excluding carboxylic acids is 1. The normalized spacial score (nSPS) is 10.7. The largest absolute Gasteiger partial charge is 0.369 e. The van der Waals surface area contributed by atoms with Crippen LogP contribution in [0.1, 0.15) is 32.6 Å². The Bertz CT molecular complexity index is 662. The number of halogens is 1. The van der Waals surface area contributed by atoms with Gasteiger partial charge in [0.2, 0.25) is 0 Å². The van der Waals surface area contributed by atoms with Crippen molar-refractivity contribution in [2.75, 3.05) is 6.61 Å². The van der Waals surface area contributed by atoms with E-state index in [0.717, 1.165) is 22.3 Å². The number of Topliss-reactive ketones (excluding diaryl/α,β-unsaturated/α-hetero) is 1. The fourth-order valence-electron chi connectivity index (χ4n) is 2.21. The summed E-state index contributed by atoms with van der Waals surface area (Å²) in [6, 6.07) is 11.5. The molecule has 0 aliphatic rings. The summed E-state index contributed by atoms with van der Waals surface area (Å²) in [5, 5.41) is 0.660. The molecular formula is C18H19ClO2. The van der Waals surface area contributed by atoms with E-state index < -0.39 is 0 Å². The summed E-state index contributed by atoms with van der Waals surface area (Å²) in [6.07, 6.45) is 0. The zero-order chi connectivity index (χ0) is 15.4. The summed E-state index contributed by atoms with van der Waals surface area (Å²) in [5.74, 6) is 0.00246. The van der Waals surface area contributed by atoms with Gasteiger partial charge in [-0.3, -0.25) is 4.79 Å². The molecule has 110 valence electrons. The minimum absolute atomic E-state index is 0.00246. The number of ketones is 1. The first-order valence-corrected chi connectivity index (χ1v) is 7.29. The average Bonchev–Trinajstić information content (AvgIpc) is 2.44. The number of carbonyl (C=O) groups is 1. The van der Waals surface area contributed by atoms with Gasteiger partial charge in [0, 0.05) is 10.6 Å². The van der Waals surface area contributed by atoms with Crippen LogP contribution in [0.25, 0.3) is 0 Å². The SMILES string of the molecule is Cc1cc(C)c(C(=O)COCc2ccccc2Cl)cc1C. The monoisotopic (exact) mass is 302 g/mol. The fourth-order valence-corrected chi connectivity index (χ4v) is 2.40. The van der Waals surface area contributed by atoms with E-state index in [1.807, 2.05) is 57.2 Å². The van der Waals surface area contributed by atoms with Crippen molar-refractivity contribution in [1.82, 2.24) is 0 Å². The van der Waals surface area contributed by atoms with Gasteiger partial charge in [-0.05, 0) is 55.2 Å². The maximum absolute atomic E-state index is 12.2. The summed E-state index contributed by atoms with van der Waals surface area (Å²) < 4.78 is 5.51. The molecule has 0 atom stereocenters. The molecule has 0 saturated carbocycles. The van der Waals surface area contributed by atoms with E-state index >= 15 is 0 Å². The average molecular weight is 303 g/mol. The molecule has 0 amide bonds. The van der Waals surface area contributed by atoms with Crippen molar-refractivity contribution in [3.05, 3.63) is 69.2 Å². The first kappa shape index (κ1) is 15.7. The van der Waals surface area contributed by atoms with E-state index in [4.69, 9.17) is 16.3 Å². The lowest BCUT2D eigenvalue weighted by Gasteiger charge is -2.10. The van der Waals surface area contributed by atoms with Crippen molar-refractivity contribution in [2.24, 2.45) is 0 Å². The van der Waals surface area contributed by atoms with E-state index in [1.165, 1.54) is 5.56 Å². The second-order valence-electron chi connectivity index (χ2n) is 5.26. The lowest BCUT2D eigenvalue weighted by Crippen LogP contribution is -2.11. The highest BCUT2D eigenvalue weighted by Gasteiger charge is 2.11. The minimum Gasteiger partial charge on any atom is -0.369 e. The zero-order valence-corrected chi connectivity index (χ0v) is 13.3. The van der Waals surface area contributed by atoms with Crippen LogP contribution in [-0.2, 0) is 11.3 Å². The van der Waals surface area contributed by atoms with E-state index in [0.29, 0.717) is 11.6 Å². The van der Waals surface area contributed by atoms with Gasteiger partial charge in [0.1, 0.15) is 6.61 Å². The fraction of sp³-hybridized carbons (Fsp3) is 0.278. The van der Waals surface area contributed by atoms with Gasteiger partial charge < -0.3 is 4.74 Å². The molecule has 0 radical (unpaired) electrons. The number of benzene rings is 2. The third-order valence-electron chi connectivity index (χ3n) is 3.59. The Balaban J connectivity index is 2.00. The number of hydrogen-bond donors (Lipinski definition) is 0.